The minimum Gasteiger partial charge on any atom is -0.378 e. The van der Waals surface area contributed by atoms with E-state index in [0.717, 1.165) is 0 Å². The number of nitrogens with zero attached hydrogens (tertiary/aromatic N) is 2. The van der Waals surface area contributed by atoms with Crippen molar-refractivity contribution in [3.05, 3.63) is 22.1 Å². The summed E-state index contributed by atoms with van der Waals surface area (Å²) in [6, 6.07) is 1.49. The maximum Gasteiger partial charge on any atom is 0.254 e. The highest BCUT2D eigenvalue weighted by molar-refractivity contribution is 7.98. The average molecular weight is 200 g/mol. The fraction of sp³-hybridized carbons (Fsp3) is 0.500. The predicted molar refractivity (Wildman–Crippen MR) is 52.0 cm³/mol. The smallest absolute Gasteiger partial charge is 0.254 e. The van der Waals surface area contributed by atoms with Crippen LogP contribution in [-0.4, -0.2) is 22.9 Å². The molecule has 0 atom stereocenters. The molecule has 0 aliphatic heterocycles. The second kappa shape index (κ2) is 4.43. The zero-order valence-electron chi connectivity index (χ0n) is 7.90. The lowest BCUT2D eigenvalue weighted by molar-refractivity contribution is 0.180. The molecule has 0 saturated carbocycles. The van der Waals surface area contributed by atoms with Crippen molar-refractivity contribution < 1.29 is 4.74 Å². The molecule has 0 N–H and O–H groups in total. The van der Waals surface area contributed by atoms with E-state index >= 15 is 0 Å². The molecular weight excluding hydrogens is 188 g/mol. The van der Waals surface area contributed by atoms with Crippen molar-refractivity contribution in [1.82, 2.24) is 9.55 Å². The molecule has 0 bridgehead atoms. The lowest BCUT2D eigenvalue weighted by Crippen LogP contribution is -2.20. The Morgan fingerprint density at radius 1 is 1.69 bits per heavy atom. The Balaban J connectivity index is 3.14. The van der Waals surface area contributed by atoms with Gasteiger partial charge in [-0.3, -0.25) is 9.36 Å². The molecule has 1 aromatic rings. The Hall–Kier alpha value is -0.810. The molecular formula is C8H12N2O2S. The van der Waals surface area contributed by atoms with Crippen molar-refractivity contribution in [2.75, 3.05) is 13.4 Å². The Morgan fingerprint density at radius 2 is 2.38 bits per heavy atom. The summed E-state index contributed by atoms with van der Waals surface area (Å²) < 4.78 is 6.42. The minimum atomic E-state index is -0.0496. The van der Waals surface area contributed by atoms with Crippen LogP contribution in [0.4, 0.5) is 0 Å². The lowest BCUT2D eigenvalue weighted by atomic mass is 10.4. The van der Waals surface area contributed by atoms with Crippen molar-refractivity contribution in [2.45, 2.75) is 11.8 Å². The maximum atomic E-state index is 11.3. The van der Waals surface area contributed by atoms with Crippen molar-refractivity contribution in [1.29, 1.82) is 0 Å². The van der Waals surface area contributed by atoms with Crippen LogP contribution in [0.3, 0.4) is 0 Å². The fourth-order valence-corrected chi connectivity index (χ4v) is 1.54. The molecule has 0 saturated heterocycles. The van der Waals surface area contributed by atoms with Gasteiger partial charge >= 0.3 is 0 Å². The van der Waals surface area contributed by atoms with Gasteiger partial charge in [-0.15, -0.1) is 0 Å². The highest BCUT2D eigenvalue weighted by Crippen LogP contribution is 2.08. The van der Waals surface area contributed by atoms with E-state index in [1.807, 2.05) is 6.26 Å². The number of thioether (sulfide) groups is 1. The second-order valence-electron chi connectivity index (χ2n) is 2.56. The molecule has 1 heterocycles. The Morgan fingerprint density at radius 3 is 2.92 bits per heavy atom. The standard InChI is InChI=1S/C8H12N2O2S/c1-10-7(11)4-6(5-12-2)9-8(10)13-3/h4H,5H2,1-3H3. The second-order valence-corrected chi connectivity index (χ2v) is 3.34. The number of ether oxygens (including phenoxy) is 1. The number of hydrogen-bond acceptors (Lipinski definition) is 4. The van der Waals surface area contributed by atoms with Crippen LogP contribution in [0.15, 0.2) is 16.0 Å². The van der Waals surface area contributed by atoms with E-state index in [-0.39, 0.29) is 5.56 Å². The summed E-state index contributed by atoms with van der Waals surface area (Å²) in [6.07, 6.45) is 1.89. The van der Waals surface area contributed by atoms with Crippen molar-refractivity contribution in [3.8, 4) is 0 Å². The average Bonchev–Trinajstić information content (AvgIpc) is 2.11. The van der Waals surface area contributed by atoms with E-state index in [9.17, 15) is 4.79 Å². The quantitative estimate of drug-likeness (QED) is 0.531. The van der Waals surface area contributed by atoms with Gasteiger partial charge in [0.15, 0.2) is 5.16 Å². The van der Waals surface area contributed by atoms with E-state index in [2.05, 4.69) is 4.98 Å². The molecule has 72 valence electrons. The van der Waals surface area contributed by atoms with Gasteiger partial charge in [-0.05, 0) is 6.26 Å². The third kappa shape index (κ3) is 2.32. The topological polar surface area (TPSA) is 44.1 Å². The molecule has 0 fully saturated rings. The molecule has 0 unspecified atom stereocenters. The summed E-state index contributed by atoms with van der Waals surface area (Å²) in [5, 5.41) is 0.708. The van der Waals surface area contributed by atoms with Gasteiger partial charge in [0, 0.05) is 20.2 Å². The Labute approximate surface area is 80.9 Å². The summed E-state index contributed by atoms with van der Waals surface area (Å²) in [7, 11) is 3.29. The van der Waals surface area contributed by atoms with Crippen molar-refractivity contribution >= 4 is 11.8 Å². The van der Waals surface area contributed by atoms with Crippen molar-refractivity contribution in [2.24, 2.45) is 7.05 Å². The van der Waals surface area contributed by atoms with Gasteiger partial charge in [0.1, 0.15) is 0 Å². The minimum absolute atomic E-state index is 0.0496. The van der Waals surface area contributed by atoms with Crippen LogP contribution >= 0.6 is 11.8 Å². The first kappa shape index (κ1) is 10.3. The van der Waals surface area contributed by atoms with Gasteiger partial charge in [0.05, 0.1) is 12.3 Å². The lowest BCUT2D eigenvalue weighted by Gasteiger charge is -2.05. The molecule has 0 amide bonds. The fourth-order valence-electron chi connectivity index (χ4n) is 0.968. The normalized spacial score (nSPS) is 10.4. The van der Waals surface area contributed by atoms with Crippen LogP contribution in [0, 0.1) is 0 Å². The Kier molecular flexibility index (Phi) is 3.50. The van der Waals surface area contributed by atoms with Crippen LogP contribution in [0.2, 0.25) is 0 Å². The SMILES string of the molecule is COCc1cc(=O)n(C)c(SC)n1. The van der Waals surface area contributed by atoms with Crippen LogP contribution < -0.4 is 5.56 Å². The summed E-state index contributed by atoms with van der Waals surface area (Å²) in [4.78, 5) is 15.6. The molecule has 0 aliphatic carbocycles. The molecule has 13 heavy (non-hydrogen) atoms. The van der Waals surface area contributed by atoms with E-state index in [4.69, 9.17) is 4.74 Å². The summed E-state index contributed by atoms with van der Waals surface area (Å²) in [6.45, 7) is 0.379. The number of methoxy groups -OCH3 is 1. The monoisotopic (exact) mass is 200 g/mol. The summed E-state index contributed by atoms with van der Waals surface area (Å²) in [5.41, 5.74) is 0.626. The van der Waals surface area contributed by atoms with Crippen LogP contribution in [-0.2, 0) is 18.4 Å². The summed E-state index contributed by atoms with van der Waals surface area (Å²) in [5.74, 6) is 0. The highest BCUT2D eigenvalue weighted by atomic mass is 32.2. The first-order chi connectivity index (χ1) is 6.19. The molecule has 4 nitrogen and oxygen atoms in total. The molecule has 0 radical (unpaired) electrons. The van der Waals surface area contributed by atoms with Gasteiger partial charge < -0.3 is 4.74 Å². The molecule has 0 aliphatic rings. The maximum absolute atomic E-state index is 11.3. The highest BCUT2D eigenvalue weighted by Gasteiger charge is 2.03. The molecule has 5 heteroatoms. The van der Waals surface area contributed by atoms with Gasteiger partial charge in [-0.1, -0.05) is 11.8 Å². The number of rotatable bonds is 3. The molecule has 1 rings (SSSR count). The van der Waals surface area contributed by atoms with E-state index in [0.29, 0.717) is 17.5 Å². The van der Waals surface area contributed by atoms with Gasteiger partial charge in [0.2, 0.25) is 0 Å². The van der Waals surface area contributed by atoms with E-state index in [1.165, 1.54) is 22.4 Å². The van der Waals surface area contributed by atoms with Crippen LogP contribution in [0.1, 0.15) is 5.69 Å². The van der Waals surface area contributed by atoms with Crippen LogP contribution in [0.5, 0.6) is 0 Å². The summed E-state index contributed by atoms with van der Waals surface area (Å²) >= 11 is 1.45. The number of aromatic nitrogens is 2. The van der Waals surface area contributed by atoms with Gasteiger partial charge in [-0.25, -0.2) is 4.98 Å². The van der Waals surface area contributed by atoms with Gasteiger partial charge in [-0.2, -0.15) is 0 Å². The third-order valence-corrected chi connectivity index (χ3v) is 2.35. The first-order valence-electron chi connectivity index (χ1n) is 3.79. The van der Waals surface area contributed by atoms with E-state index < -0.39 is 0 Å². The predicted octanol–water partition coefficient (Wildman–Crippen LogP) is 0.649. The molecule has 1 aromatic heterocycles. The first-order valence-corrected chi connectivity index (χ1v) is 5.01. The van der Waals surface area contributed by atoms with Crippen LogP contribution in [0.25, 0.3) is 0 Å². The van der Waals surface area contributed by atoms with E-state index in [1.54, 1.807) is 14.2 Å². The molecule has 0 aromatic carbocycles. The van der Waals surface area contributed by atoms with Gasteiger partial charge in [0.25, 0.3) is 5.56 Å². The largest absolute Gasteiger partial charge is 0.378 e. The van der Waals surface area contributed by atoms with Crippen molar-refractivity contribution in [3.63, 3.8) is 0 Å². The zero-order chi connectivity index (χ0) is 9.84. The molecule has 0 spiro atoms. The number of hydrogen-bond donors (Lipinski definition) is 0. The Bertz CT molecular complexity index is 348. The zero-order valence-corrected chi connectivity index (χ0v) is 8.72. The third-order valence-electron chi connectivity index (χ3n) is 1.62.